The van der Waals surface area contributed by atoms with Crippen molar-refractivity contribution >= 4 is 34.7 Å². The molecule has 0 bridgehead atoms. The number of carbonyl (C=O) groups is 2. The molecule has 0 aromatic heterocycles. The summed E-state index contributed by atoms with van der Waals surface area (Å²) in [6.45, 7) is -0.343. The summed E-state index contributed by atoms with van der Waals surface area (Å²) < 4.78 is 39.0. The lowest BCUT2D eigenvalue weighted by atomic mass is 10.1. The zero-order valence-corrected chi connectivity index (χ0v) is 14.1. The van der Waals surface area contributed by atoms with Crippen molar-refractivity contribution in [3.63, 3.8) is 0 Å². The Hall–Kier alpha value is -2.74. The maximum atomic E-state index is 13.0. The van der Waals surface area contributed by atoms with Gasteiger partial charge in [-0.15, -0.1) is 0 Å². The second kappa shape index (κ2) is 7.25. The summed E-state index contributed by atoms with van der Waals surface area (Å²) in [5.41, 5.74) is -0.286. The molecule has 2 amide bonds. The second-order valence-corrected chi connectivity index (χ2v) is 6.39. The van der Waals surface area contributed by atoms with E-state index in [0.29, 0.717) is 0 Å². The lowest BCUT2D eigenvalue weighted by Gasteiger charge is -2.18. The van der Waals surface area contributed by atoms with Crippen molar-refractivity contribution in [1.82, 2.24) is 4.90 Å². The average Bonchev–Trinajstić information content (AvgIpc) is 2.87. The van der Waals surface area contributed by atoms with Crippen molar-refractivity contribution in [2.24, 2.45) is 0 Å². The van der Waals surface area contributed by atoms with Crippen molar-refractivity contribution in [3.05, 3.63) is 70.6 Å². The van der Waals surface area contributed by atoms with Crippen LogP contribution in [0, 0.1) is 0 Å². The molecule has 3 rings (SSSR count). The highest BCUT2D eigenvalue weighted by Crippen LogP contribution is 2.35. The van der Waals surface area contributed by atoms with E-state index in [9.17, 15) is 22.8 Å². The first-order chi connectivity index (χ1) is 12.4. The number of nitrogens with zero attached hydrogens (tertiary/aromatic N) is 1. The maximum absolute atomic E-state index is 13.0. The van der Waals surface area contributed by atoms with Gasteiger partial charge in [0.15, 0.2) is 0 Å². The molecule has 0 spiro atoms. The molecule has 0 saturated carbocycles. The van der Waals surface area contributed by atoms with Crippen molar-refractivity contribution < 1.29 is 22.8 Å². The molecule has 1 aliphatic heterocycles. The number of amides is 2. The van der Waals surface area contributed by atoms with Crippen LogP contribution in [0.4, 0.5) is 23.7 Å². The molecule has 1 saturated heterocycles. The quantitative estimate of drug-likeness (QED) is 0.776. The second-order valence-electron chi connectivity index (χ2n) is 5.40. The Morgan fingerprint density at radius 2 is 1.65 bits per heavy atom. The first kappa shape index (κ1) is 18.1. The fourth-order valence-electron chi connectivity index (χ4n) is 2.39. The first-order valence-electron chi connectivity index (χ1n) is 7.57. The summed E-state index contributed by atoms with van der Waals surface area (Å²) in [5, 5.41) is 2.00. The molecule has 1 fully saturated rings. The predicted octanol–water partition coefficient (Wildman–Crippen LogP) is 4.81. The molecule has 1 N–H and O–H groups in total. The minimum absolute atomic E-state index is 0.189. The van der Waals surface area contributed by atoms with Crippen molar-refractivity contribution in [2.75, 3.05) is 12.0 Å². The van der Waals surface area contributed by atoms with E-state index in [2.05, 4.69) is 5.32 Å². The Bertz CT molecular complexity index is 866. The van der Waals surface area contributed by atoms with Crippen LogP contribution in [0.1, 0.15) is 11.1 Å². The van der Waals surface area contributed by atoms with E-state index in [0.717, 1.165) is 28.3 Å². The number of alkyl halides is 3. The highest BCUT2D eigenvalue weighted by Gasteiger charge is 2.36. The van der Waals surface area contributed by atoms with Gasteiger partial charge >= 0.3 is 6.18 Å². The molecule has 4 nitrogen and oxygen atoms in total. The topological polar surface area (TPSA) is 49.4 Å². The smallest absolute Gasteiger partial charge is 0.367 e. The van der Waals surface area contributed by atoms with E-state index in [1.807, 2.05) is 6.07 Å². The van der Waals surface area contributed by atoms with Crippen LogP contribution in [0.5, 0.6) is 0 Å². The van der Waals surface area contributed by atoms with Crippen LogP contribution < -0.4 is 5.32 Å². The fourth-order valence-corrected chi connectivity index (χ4v) is 3.22. The number of hydrogen-bond acceptors (Lipinski definition) is 4. The number of benzene rings is 2. The minimum atomic E-state index is -4.53. The summed E-state index contributed by atoms with van der Waals surface area (Å²) in [5.74, 6) is -0.541. The third-order valence-electron chi connectivity index (χ3n) is 3.63. The van der Waals surface area contributed by atoms with Crippen LogP contribution in [-0.4, -0.2) is 22.7 Å². The van der Waals surface area contributed by atoms with E-state index in [4.69, 9.17) is 0 Å². The summed E-state index contributed by atoms with van der Waals surface area (Å²) in [7, 11) is 0. The van der Waals surface area contributed by atoms with Crippen molar-refractivity contribution in [3.8, 4) is 0 Å². The molecule has 1 heterocycles. The van der Waals surface area contributed by atoms with Crippen LogP contribution in [0.3, 0.4) is 0 Å². The summed E-state index contributed by atoms with van der Waals surface area (Å²) >= 11 is 0.758. The molecule has 0 atom stereocenters. The molecule has 1 aliphatic rings. The molecular formula is C18H13F3N2O2S. The van der Waals surface area contributed by atoms with Gasteiger partial charge in [0.05, 0.1) is 17.1 Å². The number of para-hydroxylation sites is 1. The molecule has 8 heteroatoms. The van der Waals surface area contributed by atoms with E-state index < -0.39 is 22.9 Å². The van der Waals surface area contributed by atoms with Gasteiger partial charge in [0.2, 0.25) is 0 Å². The third-order valence-corrected chi connectivity index (χ3v) is 4.54. The maximum Gasteiger partial charge on any atom is 0.418 e. The van der Waals surface area contributed by atoms with Crippen LogP contribution in [-0.2, 0) is 11.0 Å². The lowest BCUT2D eigenvalue weighted by molar-refractivity contribution is -0.137. The van der Waals surface area contributed by atoms with Gasteiger partial charge in [-0.1, -0.05) is 42.5 Å². The van der Waals surface area contributed by atoms with Gasteiger partial charge in [0.25, 0.3) is 11.1 Å². The van der Waals surface area contributed by atoms with Crippen LogP contribution in [0.15, 0.2) is 59.5 Å². The molecule has 2 aromatic carbocycles. The van der Waals surface area contributed by atoms with Gasteiger partial charge in [-0.25, -0.2) is 0 Å². The van der Waals surface area contributed by atoms with Gasteiger partial charge < -0.3 is 5.32 Å². The Balaban J connectivity index is 1.75. The van der Waals surface area contributed by atoms with Crippen LogP contribution in [0.2, 0.25) is 0 Å². The number of carbonyl (C=O) groups excluding carboxylic acids is 2. The SMILES string of the molecule is O=C1S/C(=C\c2ccccc2)C(=O)N1CNc1ccccc1C(F)(F)F. The Morgan fingerprint density at radius 1 is 1.00 bits per heavy atom. The molecule has 0 aliphatic carbocycles. The number of imide groups is 1. The minimum Gasteiger partial charge on any atom is -0.367 e. The van der Waals surface area contributed by atoms with Crippen LogP contribution in [0.25, 0.3) is 6.08 Å². The highest BCUT2D eigenvalue weighted by atomic mass is 32.2. The predicted molar refractivity (Wildman–Crippen MR) is 94.2 cm³/mol. The van der Waals surface area contributed by atoms with Crippen molar-refractivity contribution in [1.29, 1.82) is 0 Å². The number of rotatable bonds is 4. The average molecular weight is 378 g/mol. The number of thioether (sulfide) groups is 1. The third kappa shape index (κ3) is 3.91. The van der Waals surface area contributed by atoms with Gasteiger partial charge in [0.1, 0.15) is 0 Å². The summed E-state index contributed by atoms with van der Waals surface area (Å²) in [4.78, 5) is 25.5. The van der Waals surface area contributed by atoms with E-state index in [1.54, 1.807) is 30.3 Å². The molecule has 134 valence electrons. The number of anilines is 1. The van der Waals surface area contributed by atoms with Gasteiger partial charge in [0, 0.05) is 5.69 Å². The largest absolute Gasteiger partial charge is 0.418 e. The number of hydrogen-bond donors (Lipinski definition) is 1. The number of nitrogens with one attached hydrogen (secondary N) is 1. The zero-order chi connectivity index (χ0) is 18.7. The monoisotopic (exact) mass is 378 g/mol. The van der Waals surface area contributed by atoms with Gasteiger partial charge in [-0.3, -0.25) is 14.5 Å². The standard InChI is InChI=1S/C18H13F3N2O2S/c19-18(20,21)13-8-4-5-9-14(13)22-11-23-16(24)15(26-17(23)25)10-12-6-2-1-3-7-12/h1-10,22H,11H2/b15-10-. The first-order valence-corrected chi connectivity index (χ1v) is 8.38. The molecule has 26 heavy (non-hydrogen) atoms. The molecule has 0 unspecified atom stereocenters. The fraction of sp³-hybridized carbons (Fsp3) is 0.111. The Morgan fingerprint density at radius 3 is 2.35 bits per heavy atom. The Kier molecular flexibility index (Phi) is 5.03. The van der Waals surface area contributed by atoms with Crippen LogP contribution >= 0.6 is 11.8 Å². The van der Waals surface area contributed by atoms with E-state index in [1.165, 1.54) is 18.2 Å². The van der Waals surface area contributed by atoms with Crippen molar-refractivity contribution in [2.45, 2.75) is 6.18 Å². The number of halogens is 3. The molecule has 2 aromatic rings. The summed E-state index contributed by atoms with van der Waals surface area (Å²) in [6.07, 6.45) is -2.95. The van der Waals surface area contributed by atoms with Gasteiger partial charge in [-0.05, 0) is 35.5 Å². The lowest BCUT2D eigenvalue weighted by Crippen LogP contribution is -2.33. The zero-order valence-electron chi connectivity index (χ0n) is 13.3. The summed E-state index contributed by atoms with van der Waals surface area (Å²) in [6, 6.07) is 13.9. The Labute approximate surface area is 151 Å². The molecular weight excluding hydrogens is 365 g/mol. The normalized spacial score (nSPS) is 16.4. The van der Waals surface area contributed by atoms with Gasteiger partial charge in [-0.2, -0.15) is 13.2 Å². The van der Waals surface area contributed by atoms with E-state index in [-0.39, 0.29) is 17.3 Å². The molecule has 0 radical (unpaired) electrons. The van der Waals surface area contributed by atoms with E-state index >= 15 is 0 Å². The highest BCUT2D eigenvalue weighted by molar-refractivity contribution is 8.18.